The summed E-state index contributed by atoms with van der Waals surface area (Å²) < 4.78 is 12.5. The first-order chi connectivity index (χ1) is 6.24. The van der Waals surface area contributed by atoms with Crippen LogP contribution in [0, 0.1) is 5.82 Å². The molecule has 2 nitrogen and oxygen atoms in total. The molecule has 1 aromatic rings. The molecule has 4 heteroatoms. The third kappa shape index (κ3) is 4.05. The normalized spacial score (nSPS) is 11.9. The van der Waals surface area contributed by atoms with Gasteiger partial charge in [0, 0.05) is 6.04 Å². The number of hydrogen-bond acceptors (Lipinski definition) is 2. The van der Waals surface area contributed by atoms with Crippen molar-refractivity contribution in [2.75, 3.05) is 6.54 Å². The van der Waals surface area contributed by atoms with Crippen LogP contribution in [0.25, 0.3) is 0 Å². The lowest BCUT2D eigenvalue weighted by Crippen LogP contribution is -2.12. The number of rotatable bonds is 4. The first-order valence-corrected chi connectivity index (χ1v) is 4.45. The zero-order valence-corrected chi connectivity index (χ0v) is 8.77. The summed E-state index contributed by atoms with van der Waals surface area (Å²) in [6.45, 7) is 0.648. The quantitative estimate of drug-likeness (QED) is 0.812. The second kappa shape index (κ2) is 6.76. The van der Waals surface area contributed by atoms with Crippen LogP contribution in [0.15, 0.2) is 24.3 Å². The minimum Gasteiger partial charge on any atom is -0.330 e. The van der Waals surface area contributed by atoms with E-state index < -0.39 is 0 Å². The average molecular weight is 219 g/mol. The van der Waals surface area contributed by atoms with Crippen molar-refractivity contribution in [3.8, 4) is 0 Å². The van der Waals surface area contributed by atoms with E-state index in [0.29, 0.717) is 6.54 Å². The van der Waals surface area contributed by atoms with Gasteiger partial charge in [-0.1, -0.05) is 12.1 Å². The van der Waals surface area contributed by atoms with Crippen molar-refractivity contribution < 1.29 is 4.39 Å². The lowest BCUT2D eigenvalue weighted by atomic mass is 10.0. The molecule has 0 radical (unpaired) electrons. The van der Waals surface area contributed by atoms with E-state index in [1.807, 2.05) is 0 Å². The molecule has 0 saturated heterocycles. The molecule has 0 bridgehead atoms. The van der Waals surface area contributed by atoms with Crippen molar-refractivity contribution in [3.05, 3.63) is 35.6 Å². The topological polar surface area (TPSA) is 52.0 Å². The highest BCUT2D eigenvalue weighted by Crippen LogP contribution is 2.15. The summed E-state index contributed by atoms with van der Waals surface area (Å²) in [6.07, 6.45) is 1.75. The van der Waals surface area contributed by atoms with Gasteiger partial charge in [0.2, 0.25) is 0 Å². The van der Waals surface area contributed by atoms with Gasteiger partial charge in [-0.25, -0.2) is 4.39 Å². The lowest BCUT2D eigenvalue weighted by Gasteiger charge is -2.10. The Labute approximate surface area is 89.9 Å². The van der Waals surface area contributed by atoms with Crippen LogP contribution in [-0.4, -0.2) is 6.54 Å². The summed E-state index contributed by atoms with van der Waals surface area (Å²) in [5, 5.41) is 0. The summed E-state index contributed by atoms with van der Waals surface area (Å²) in [4.78, 5) is 0. The van der Waals surface area contributed by atoms with E-state index in [2.05, 4.69) is 0 Å². The predicted molar refractivity (Wildman–Crippen MR) is 58.9 cm³/mol. The Bertz CT molecular complexity index is 251. The first-order valence-electron chi connectivity index (χ1n) is 4.45. The highest BCUT2D eigenvalue weighted by molar-refractivity contribution is 5.85. The van der Waals surface area contributed by atoms with Gasteiger partial charge in [-0.05, 0) is 37.1 Å². The molecule has 80 valence electrons. The maximum Gasteiger partial charge on any atom is 0.123 e. The van der Waals surface area contributed by atoms with Crippen molar-refractivity contribution in [3.63, 3.8) is 0 Å². The fourth-order valence-corrected chi connectivity index (χ4v) is 1.21. The van der Waals surface area contributed by atoms with Crippen LogP contribution in [0.1, 0.15) is 24.4 Å². The van der Waals surface area contributed by atoms with Gasteiger partial charge >= 0.3 is 0 Å². The number of benzene rings is 1. The molecule has 0 aliphatic heterocycles. The zero-order valence-electron chi connectivity index (χ0n) is 7.95. The summed E-state index contributed by atoms with van der Waals surface area (Å²) >= 11 is 0. The Kier molecular flexibility index (Phi) is 6.45. The molecule has 1 aromatic carbocycles. The lowest BCUT2D eigenvalue weighted by molar-refractivity contribution is 0.607. The molecule has 0 spiro atoms. The van der Waals surface area contributed by atoms with E-state index in [-0.39, 0.29) is 24.3 Å². The van der Waals surface area contributed by atoms with E-state index in [0.717, 1.165) is 18.4 Å². The molecule has 14 heavy (non-hydrogen) atoms. The van der Waals surface area contributed by atoms with E-state index in [1.54, 1.807) is 12.1 Å². The zero-order chi connectivity index (χ0) is 9.68. The first kappa shape index (κ1) is 13.4. The maximum absolute atomic E-state index is 12.5. The van der Waals surface area contributed by atoms with Crippen LogP contribution in [0.2, 0.25) is 0 Å². The maximum atomic E-state index is 12.5. The molecule has 0 fully saturated rings. The highest BCUT2D eigenvalue weighted by Gasteiger charge is 2.04. The van der Waals surface area contributed by atoms with Crippen LogP contribution < -0.4 is 11.5 Å². The summed E-state index contributed by atoms with van der Waals surface area (Å²) in [5.41, 5.74) is 12.2. The molecular weight excluding hydrogens is 203 g/mol. The van der Waals surface area contributed by atoms with Crippen molar-refractivity contribution >= 4 is 12.4 Å². The molecular formula is C10H16ClFN2. The molecule has 1 atom stereocenters. The van der Waals surface area contributed by atoms with Gasteiger partial charge in [-0.15, -0.1) is 12.4 Å². The van der Waals surface area contributed by atoms with Crippen molar-refractivity contribution in [2.45, 2.75) is 18.9 Å². The van der Waals surface area contributed by atoms with Crippen molar-refractivity contribution in [2.24, 2.45) is 11.5 Å². The monoisotopic (exact) mass is 218 g/mol. The van der Waals surface area contributed by atoms with Gasteiger partial charge < -0.3 is 11.5 Å². The fourth-order valence-electron chi connectivity index (χ4n) is 1.21. The fraction of sp³-hybridized carbons (Fsp3) is 0.400. The van der Waals surface area contributed by atoms with Gasteiger partial charge in [-0.3, -0.25) is 0 Å². The summed E-state index contributed by atoms with van der Waals surface area (Å²) in [5.74, 6) is -0.227. The summed E-state index contributed by atoms with van der Waals surface area (Å²) in [6, 6.07) is 6.27. The predicted octanol–water partition coefficient (Wildman–Crippen LogP) is 1.99. The number of halogens is 2. The van der Waals surface area contributed by atoms with Crippen molar-refractivity contribution in [1.82, 2.24) is 0 Å². The standard InChI is InChI=1S/C10H15FN2.ClH/c11-9-5-3-8(4-6-9)10(13)2-1-7-12;/h3-6,10H,1-2,7,12-13H2;1H/t10-;/m0./s1. The van der Waals surface area contributed by atoms with Crippen LogP contribution in [0.4, 0.5) is 4.39 Å². The smallest absolute Gasteiger partial charge is 0.123 e. The van der Waals surface area contributed by atoms with Crippen LogP contribution >= 0.6 is 12.4 Å². The van der Waals surface area contributed by atoms with Gasteiger partial charge in [-0.2, -0.15) is 0 Å². The van der Waals surface area contributed by atoms with Gasteiger partial charge in [0.05, 0.1) is 0 Å². The molecule has 0 unspecified atom stereocenters. The molecule has 0 aliphatic carbocycles. The number of nitrogens with two attached hydrogens (primary N) is 2. The Morgan fingerprint density at radius 2 is 1.79 bits per heavy atom. The van der Waals surface area contributed by atoms with Crippen LogP contribution in [-0.2, 0) is 0 Å². The largest absolute Gasteiger partial charge is 0.330 e. The molecule has 4 N–H and O–H groups in total. The minimum atomic E-state index is -0.227. The molecule has 0 aliphatic rings. The SMILES string of the molecule is Cl.NCCC[C@H](N)c1ccc(F)cc1. The third-order valence-electron chi connectivity index (χ3n) is 2.02. The van der Waals surface area contributed by atoms with Crippen molar-refractivity contribution in [1.29, 1.82) is 0 Å². The van der Waals surface area contributed by atoms with Crippen LogP contribution in [0.5, 0.6) is 0 Å². The highest BCUT2D eigenvalue weighted by atomic mass is 35.5. The Balaban J connectivity index is 0.00000169. The third-order valence-corrected chi connectivity index (χ3v) is 2.02. The van der Waals surface area contributed by atoms with E-state index in [4.69, 9.17) is 11.5 Å². The Morgan fingerprint density at radius 1 is 1.21 bits per heavy atom. The van der Waals surface area contributed by atoms with Gasteiger partial charge in [0.15, 0.2) is 0 Å². The molecule has 1 rings (SSSR count). The van der Waals surface area contributed by atoms with E-state index >= 15 is 0 Å². The van der Waals surface area contributed by atoms with Gasteiger partial charge in [0.25, 0.3) is 0 Å². The number of hydrogen-bond donors (Lipinski definition) is 2. The Hall–Kier alpha value is -0.640. The van der Waals surface area contributed by atoms with E-state index in [9.17, 15) is 4.39 Å². The second-order valence-electron chi connectivity index (χ2n) is 3.09. The molecule has 0 aromatic heterocycles. The molecule has 0 amide bonds. The summed E-state index contributed by atoms with van der Waals surface area (Å²) in [7, 11) is 0. The van der Waals surface area contributed by atoms with Gasteiger partial charge in [0.1, 0.15) is 5.82 Å². The average Bonchev–Trinajstić information content (AvgIpc) is 2.15. The Morgan fingerprint density at radius 3 is 2.29 bits per heavy atom. The van der Waals surface area contributed by atoms with Crippen LogP contribution in [0.3, 0.4) is 0 Å². The molecule has 0 saturated carbocycles. The molecule has 0 heterocycles. The van der Waals surface area contributed by atoms with E-state index in [1.165, 1.54) is 12.1 Å². The second-order valence-corrected chi connectivity index (χ2v) is 3.09. The minimum absolute atomic E-state index is 0.